The van der Waals surface area contributed by atoms with Crippen molar-refractivity contribution in [1.29, 1.82) is 0 Å². The second-order valence-corrected chi connectivity index (χ2v) is 7.36. The minimum absolute atomic E-state index is 0.0114. The zero-order valence-corrected chi connectivity index (χ0v) is 17.7. The zero-order valence-electron chi connectivity index (χ0n) is 16.9. The van der Waals surface area contributed by atoms with Gasteiger partial charge in [0.25, 0.3) is 11.1 Å². The largest absolute Gasteiger partial charge is 0.493 e. The summed E-state index contributed by atoms with van der Waals surface area (Å²) in [6, 6.07) is 11.2. The number of ether oxygens (including phenoxy) is 3. The Morgan fingerprint density at radius 2 is 1.94 bits per heavy atom. The maximum absolute atomic E-state index is 13.8. The second-order valence-electron chi connectivity index (χ2n) is 6.36. The van der Waals surface area contributed by atoms with Gasteiger partial charge in [0.2, 0.25) is 0 Å². The van der Waals surface area contributed by atoms with Crippen molar-refractivity contribution < 1.29 is 33.0 Å². The van der Waals surface area contributed by atoms with Crippen LogP contribution in [-0.2, 0) is 20.9 Å². The van der Waals surface area contributed by atoms with Gasteiger partial charge in [-0.05, 0) is 48.5 Å². The molecule has 3 rings (SSSR count). The van der Waals surface area contributed by atoms with Crippen LogP contribution in [0.2, 0.25) is 0 Å². The lowest BCUT2D eigenvalue weighted by atomic mass is 10.1. The number of nitrogens with zero attached hydrogens (tertiary/aromatic N) is 1. The molecule has 1 fully saturated rings. The third kappa shape index (κ3) is 5.43. The smallest absolute Gasteiger partial charge is 0.326 e. The lowest BCUT2D eigenvalue weighted by Gasteiger charge is -2.12. The molecule has 1 saturated heterocycles. The Morgan fingerprint density at radius 3 is 2.65 bits per heavy atom. The SMILES string of the molecule is CCOC(=O)CN1C(=O)S/C(=C\c2ccc(OC)c(OCc3ccccc3F)c2)C1=O. The summed E-state index contributed by atoms with van der Waals surface area (Å²) < 4.78 is 29.7. The number of methoxy groups -OCH3 is 1. The fourth-order valence-electron chi connectivity index (χ4n) is 2.79. The van der Waals surface area contributed by atoms with Crippen LogP contribution in [0.5, 0.6) is 11.5 Å². The summed E-state index contributed by atoms with van der Waals surface area (Å²) in [7, 11) is 1.48. The van der Waals surface area contributed by atoms with Crippen LogP contribution < -0.4 is 9.47 Å². The van der Waals surface area contributed by atoms with E-state index in [1.807, 2.05) is 0 Å². The van der Waals surface area contributed by atoms with Crippen LogP contribution in [0.4, 0.5) is 9.18 Å². The fourth-order valence-corrected chi connectivity index (χ4v) is 3.63. The highest BCUT2D eigenvalue weighted by molar-refractivity contribution is 8.18. The number of thioether (sulfide) groups is 1. The molecule has 31 heavy (non-hydrogen) atoms. The van der Waals surface area contributed by atoms with Crippen molar-refractivity contribution in [2.45, 2.75) is 13.5 Å². The van der Waals surface area contributed by atoms with Gasteiger partial charge in [-0.15, -0.1) is 0 Å². The monoisotopic (exact) mass is 445 g/mol. The van der Waals surface area contributed by atoms with E-state index in [9.17, 15) is 18.8 Å². The Morgan fingerprint density at radius 1 is 1.16 bits per heavy atom. The summed E-state index contributed by atoms with van der Waals surface area (Å²) >= 11 is 0.734. The molecule has 1 aliphatic heterocycles. The molecular weight excluding hydrogens is 425 g/mol. The lowest BCUT2D eigenvalue weighted by molar-refractivity contribution is -0.145. The van der Waals surface area contributed by atoms with E-state index < -0.39 is 23.7 Å². The Kier molecular flexibility index (Phi) is 7.30. The third-order valence-electron chi connectivity index (χ3n) is 4.29. The van der Waals surface area contributed by atoms with E-state index in [-0.39, 0.29) is 23.9 Å². The van der Waals surface area contributed by atoms with Gasteiger partial charge < -0.3 is 14.2 Å². The van der Waals surface area contributed by atoms with E-state index in [1.54, 1.807) is 43.3 Å². The van der Waals surface area contributed by atoms with Crippen LogP contribution in [0.3, 0.4) is 0 Å². The van der Waals surface area contributed by atoms with Crippen LogP contribution in [-0.4, -0.2) is 42.3 Å². The molecule has 0 aliphatic carbocycles. The van der Waals surface area contributed by atoms with E-state index in [2.05, 4.69) is 0 Å². The molecular formula is C22H20FNO6S. The topological polar surface area (TPSA) is 82.1 Å². The van der Waals surface area contributed by atoms with Crippen molar-refractivity contribution in [3.05, 3.63) is 64.3 Å². The molecule has 1 aliphatic rings. The molecule has 0 aromatic heterocycles. The molecule has 0 spiro atoms. The Hall–Kier alpha value is -3.33. The van der Waals surface area contributed by atoms with Crippen molar-refractivity contribution in [3.8, 4) is 11.5 Å². The summed E-state index contributed by atoms with van der Waals surface area (Å²) in [5.74, 6) is -0.825. The standard InChI is InChI=1S/C22H20FNO6S/c1-3-29-20(25)12-24-21(26)19(31-22(24)27)11-14-8-9-17(28-2)18(10-14)30-13-15-6-4-5-7-16(15)23/h4-11H,3,12-13H2,1-2H3/b19-11-. The zero-order chi connectivity index (χ0) is 22.4. The maximum atomic E-state index is 13.8. The highest BCUT2D eigenvalue weighted by Crippen LogP contribution is 2.34. The first kappa shape index (κ1) is 22.4. The molecule has 2 amide bonds. The highest BCUT2D eigenvalue weighted by Gasteiger charge is 2.36. The summed E-state index contributed by atoms with van der Waals surface area (Å²) in [4.78, 5) is 37.3. The Balaban J connectivity index is 1.78. The molecule has 0 bridgehead atoms. The number of esters is 1. The number of rotatable bonds is 8. The van der Waals surface area contributed by atoms with Gasteiger partial charge in [-0.2, -0.15) is 0 Å². The molecule has 2 aromatic carbocycles. The van der Waals surface area contributed by atoms with Gasteiger partial charge in [-0.1, -0.05) is 24.3 Å². The number of carbonyl (C=O) groups excluding carboxylic acids is 3. The number of carbonyl (C=O) groups is 3. The second kappa shape index (κ2) is 10.1. The van der Waals surface area contributed by atoms with Gasteiger partial charge in [0.1, 0.15) is 19.0 Å². The van der Waals surface area contributed by atoms with Crippen molar-refractivity contribution in [1.82, 2.24) is 4.90 Å². The molecule has 0 unspecified atom stereocenters. The van der Waals surface area contributed by atoms with Crippen LogP contribution in [0.1, 0.15) is 18.1 Å². The Bertz CT molecular complexity index is 1040. The van der Waals surface area contributed by atoms with Gasteiger partial charge >= 0.3 is 5.97 Å². The molecule has 0 radical (unpaired) electrons. The predicted octanol–water partition coefficient (Wildman–Crippen LogP) is 4.01. The fraction of sp³-hybridized carbons (Fsp3) is 0.227. The van der Waals surface area contributed by atoms with E-state index in [0.29, 0.717) is 22.6 Å². The number of amides is 2. The number of halogens is 1. The van der Waals surface area contributed by atoms with Crippen molar-refractivity contribution >= 4 is 35.0 Å². The van der Waals surface area contributed by atoms with Crippen molar-refractivity contribution in [3.63, 3.8) is 0 Å². The van der Waals surface area contributed by atoms with Crippen molar-refractivity contribution in [2.75, 3.05) is 20.3 Å². The molecule has 0 saturated carbocycles. The average Bonchev–Trinajstić information content (AvgIpc) is 3.01. The molecule has 1 heterocycles. The third-order valence-corrected chi connectivity index (χ3v) is 5.20. The number of imide groups is 1. The summed E-state index contributed by atoms with van der Waals surface area (Å²) in [5, 5.41) is -0.547. The predicted molar refractivity (Wildman–Crippen MR) is 113 cm³/mol. The number of hydrogen-bond acceptors (Lipinski definition) is 7. The van der Waals surface area contributed by atoms with Gasteiger partial charge in [-0.25, -0.2) is 4.39 Å². The average molecular weight is 445 g/mol. The first-order valence-electron chi connectivity index (χ1n) is 9.38. The molecule has 162 valence electrons. The van der Waals surface area contributed by atoms with Crippen LogP contribution in [0, 0.1) is 5.82 Å². The summed E-state index contributed by atoms with van der Waals surface area (Å²) in [6.07, 6.45) is 1.52. The van der Waals surface area contributed by atoms with Gasteiger partial charge in [0.15, 0.2) is 11.5 Å². The van der Waals surface area contributed by atoms with Crippen LogP contribution >= 0.6 is 11.8 Å². The van der Waals surface area contributed by atoms with Gasteiger partial charge in [0.05, 0.1) is 18.6 Å². The number of hydrogen-bond donors (Lipinski definition) is 0. The van der Waals surface area contributed by atoms with E-state index in [4.69, 9.17) is 14.2 Å². The first-order chi connectivity index (χ1) is 14.9. The van der Waals surface area contributed by atoms with E-state index >= 15 is 0 Å². The molecule has 0 atom stereocenters. The van der Waals surface area contributed by atoms with E-state index in [1.165, 1.54) is 19.3 Å². The minimum atomic E-state index is -0.653. The molecule has 7 nitrogen and oxygen atoms in total. The minimum Gasteiger partial charge on any atom is -0.493 e. The maximum Gasteiger partial charge on any atom is 0.326 e. The molecule has 2 aromatic rings. The number of benzene rings is 2. The van der Waals surface area contributed by atoms with Crippen molar-refractivity contribution in [2.24, 2.45) is 0 Å². The molecule has 9 heteroatoms. The van der Waals surface area contributed by atoms with Gasteiger partial charge in [-0.3, -0.25) is 19.3 Å². The molecule has 0 N–H and O–H groups in total. The highest BCUT2D eigenvalue weighted by atomic mass is 32.2. The van der Waals surface area contributed by atoms with Gasteiger partial charge in [0, 0.05) is 5.56 Å². The normalized spacial score (nSPS) is 14.8. The quantitative estimate of drug-likeness (QED) is 0.448. The summed E-state index contributed by atoms with van der Waals surface area (Å²) in [6.45, 7) is 1.35. The van der Waals surface area contributed by atoms with E-state index in [0.717, 1.165) is 16.7 Å². The Labute approximate surface area is 182 Å². The lowest BCUT2D eigenvalue weighted by Crippen LogP contribution is -2.34. The summed E-state index contributed by atoms with van der Waals surface area (Å²) in [5.41, 5.74) is 0.959. The first-order valence-corrected chi connectivity index (χ1v) is 10.2. The van der Waals surface area contributed by atoms with Crippen LogP contribution in [0.25, 0.3) is 6.08 Å². The van der Waals surface area contributed by atoms with Crippen LogP contribution in [0.15, 0.2) is 47.4 Å².